The van der Waals surface area contributed by atoms with Gasteiger partial charge in [-0.3, -0.25) is 4.79 Å². The lowest BCUT2D eigenvalue weighted by atomic mass is 9.99. The van der Waals surface area contributed by atoms with Gasteiger partial charge in [0.15, 0.2) is 0 Å². The van der Waals surface area contributed by atoms with E-state index in [1.807, 2.05) is 17.9 Å². The van der Waals surface area contributed by atoms with Crippen LogP contribution in [0.15, 0.2) is 30.3 Å². The minimum absolute atomic E-state index is 0.0922. The lowest BCUT2D eigenvalue weighted by molar-refractivity contribution is -0.125. The quantitative estimate of drug-likeness (QED) is 0.820. The third-order valence-electron chi connectivity index (χ3n) is 4.74. The standard InChI is InChI=1S/C20H26N2O2/c1-14(23)8-4-3-5-11-19-20-17(12-13-22(19)15(2)24)16-9-6-7-10-18(16)21-20/h6-7,9-11,14,21,23H,3-5,8,12-13H2,1-2H3/b19-11+. The second kappa shape index (κ2) is 7.22. The summed E-state index contributed by atoms with van der Waals surface area (Å²) in [5, 5.41) is 10.6. The fraction of sp³-hybridized carbons (Fsp3) is 0.450. The van der Waals surface area contributed by atoms with Crippen LogP contribution in [0, 0.1) is 0 Å². The molecule has 0 fully saturated rings. The Morgan fingerprint density at radius 3 is 2.92 bits per heavy atom. The monoisotopic (exact) mass is 326 g/mol. The van der Waals surface area contributed by atoms with Crippen LogP contribution >= 0.6 is 0 Å². The van der Waals surface area contributed by atoms with Gasteiger partial charge in [-0.05, 0) is 44.2 Å². The molecule has 24 heavy (non-hydrogen) atoms. The summed E-state index contributed by atoms with van der Waals surface area (Å²) in [5.74, 6) is 0.0922. The minimum atomic E-state index is -0.235. The topological polar surface area (TPSA) is 56.3 Å². The van der Waals surface area contributed by atoms with Crippen molar-refractivity contribution in [2.24, 2.45) is 0 Å². The molecule has 3 rings (SSSR count). The number of aliphatic hydroxyl groups excluding tert-OH is 1. The molecule has 0 radical (unpaired) electrons. The molecule has 2 heterocycles. The minimum Gasteiger partial charge on any atom is -0.393 e. The van der Waals surface area contributed by atoms with E-state index in [1.54, 1.807) is 6.92 Å². The van der Waals surface area contributed by atoms with Crippen molar-refractivity contribution in [2.75, 3.05) is 6.54 Å². The first-order valence-corrected chi connectivity index (χ1v) is 8.84. The SMILES string of the molecule is CC(=O)N1CCc2c([nH]c3ccccc23)/C1=C\CCCCC(C)O. The molecule has 0 bridgehead atoms. The van der Waals surface area contributed by atoms with Crippen LogP contribution < -0.4 is 0 Å². The van der Waals surface area contributed by atoms with Gasteiger partial charge in [-0.2, -0.15) is 0 Å². The number of hydrogen-bond donors (Lipinski definition) is 2. The number of unbranched alkanes of at least 4 members (excludes halogenated alkanes) is 2. The van der Waals surface area contributed by atoms with Crippen molar-refractivity contribution >= 4 is 22.5 Å². The Morgan fingerprint density at radius 1 is 1.38 bits per heavy atom. The maximum Gasteiger partial charge on any atom is 0.223 e. The number of aliphatic hydroxyl groups is 1. The molecule has 1 aromatic carbocycles. The van der Waals surface area contributed by atoms with E-state index >= 15 is 0 Å². The third kappa shape index (κ3) is 3.39. The van der Waals surface area contributed by atoms with Crippen LogP contribution in [0.1, 0.15) is 50.8 Å². The van der Waals surface area contributed by atoms with Gasteiger partial charge in [-0.15, -0.1) is 0 Å². The normalized spacial score (nSPS) is 17.3. The predicted molar refractivity (Wildman–Crippen MR) is 97.5 cm³/mol. The number of nitrogens with zero attached hydrogens (tertiary/aromatic N) is 1. The second-order valence-corrected chi connectivity index (χ2v) is 6.67. The number of fused-ring (bicyclic) bond motifs is 3. The van der Waals surface area contributed by atoms with Crippen molar-refractivity contribution in [2.45, 2.75) is 52.1 Å². The number of para-hydroxylation sites is 1. The molecule has 1 aromatic heterocycles. The number of carbonyl (C=O) groups excluding carboxylic acids is 1. The van der Waals surface area contributed by atoms with Crippen LogP contribution in [0.2, 0.25) is 0 Å². The molecule has 2 aromatic rings. The summed E-state index contributed by atoms with van der Waals surface area (Å²) in [5.41, 5.74) is 4.55. The second-order valence-electron chi connectivity index (χ2n) is 6.67. The molecule has 1 aliphatic rings. The average molecular weight is 326 g/mol. The number of carbonyl (C=O) groups is 1. The van der Waals surface area contributed by atoms with E-state index in [0.29, 0.717) is 0 Å². The average Bonchev–Trinajstić information content (AvgIpc) is 2.93. The van der Waals surface area contributed by atoms with Gasteiger partial charge in [-0.25, -0.2) is 0 Å². The summed E-state index contributed by atoms with van der Waals surface area (Å²) < 4.78 is 0. The Bertz CT molecular complexity index is 758. The molecular weight excluding hydrogens is 300 g/mol. The molecule has 0 aliphatic carbocycles. The Hall–Kier alpha value is -2.07. The number of benzene rings is 1. The molecule has 4 heteroatoms. The highest BCUT2D eigenvalue weighted by Crippen LogP contribution is 2.34. The maximum absolute atomic E-state index is 12.1. The van der Waals surface area contributed by atoms with Crippen molar-refractivity contribution in [3.63, 3.8) is 0 Å². The molecule has 128 valence electrons. The zero-order valence-corrected chi connectivity index (χ0v) is 14.5. The molecule has 4 nitrogen and oxygen atoms in total. The van der Waals surface area contributed by atoms with Crippen LogP contribution in [0.4, 0.5) is 0 Å². The van der Waals surface area contributed by atoms with Crippen LogP contribution in [0.3, 0.4) is 0 Å². The Labute approximate surface area is 143 Å². The fourth-order valence-corrected chi connectivity index (χ4v) is 3.52. The van der Waals surface area contributed by atoms with Gasteiger partial charge in [0, 0.05) is 24.4 Å². The van der Waals surface area contributed by atoms with Gasteiger partial charge in [0.1, 0.15) is 0 Å². The highest BCUT2D eigenvalue weighted by Gasteiger charge is 2.26. The smallest absolute Gasteiger partial charge is 0.223 e. The largest absolute Gasteiger partial charge is 0.393 e. The van der Waals surface area contributed by atoms with Gasteiger partial charge in [0.05, 0.1) is 17.5 Å². The van der Waals surface area contributed by atoms with Gasteiger partial charge in [0.2, 0.25) is 5.91 Å². The van der Waals surface area contributed by atoms with E-state index < -0.39 is 0 Å². The van der Waals surface area contributed by atoms with Crippen molar-refractivity contribution in [1.29, 1.82) is 0 Å². The zero-order valence-electron chi connectivity index (χ0n) is 14.5. The molecular formula is C20H26N2O2. The van der Waals surface area contributed by atoms with E-state index in [-0.39, 0.29) is 12.0 Å². The highest BCUT2D eigenvalue weighted by molar-refractivity contribution is 5.93. The van der Waals surface area contributed by atoms with E-state index in [1.165, 1.54) is 10.9 Å². The number of allylic oxidation sites excluding steroid dienone is 1. The lowest BCUT2D eigenvalue weighted by Crippen LogP contribution is -2.33. The first kappa shape index (κ1) is 16.8. The van der Waals surface area contributed by atoms with Gasteiger partial charge < -0.3 is 15.0 Å². The summed E-state index contributed by atoms with van der Waals surface area (Å²) in [4.78, 5) is 17.4. The van der Waals surface area contributed by atoms with E-state index in [0.717, 1.165) is 55.6 Å². The van der Waals surface area contributed by atoms with E-state index in [4.69, 9.17) is 0 Å². The van der Waals surface area contributed by atoms with E-state index in [2.05, 4.69) is 29.3 Å². The van der Waals surface area contributed by atoms with E-state index in [9.17, 15) is 9.90 Å². The summed E-state index contributed by atoms with van der Waals surface area (Å²) in [7, 11) is 0. The molecule has 1 unspecified atom stereocenters. The molecule has 2 N–H and O–H groups in total. The Kier molecular flexibility index (Phi) is 5.05. The van der Waals surface area contributed by atoms with Gasteiger partial charge in [0.25, 0.3) is 0 Å². The van der Waals surface area contributed by atoms with Crippen molar-refractivity contribution in [3.8, 4) is 0 Å². The number of aromatic amines is 1. The van der Waals surface area contributed by atoms with Crippen molar-refractivity contribution in [1.82, 2.24) is 9.88 Å². The van der Waals surface area contributed by atoms with Crippen molar-refractivity contribution in [3.05, 3.63) is 41.6 Å². The Balaban J connectivity index is 1.87. The number of nitrogens with one attached hydrogen (secondary N) is 1. The predicted octanol–water partition coefficient (Wildman–Crippen LogP) is 3.85. The number of amides is 1. The first-order valence-electron chi connectivity index (χ1n) is 8.84. The maximum atomic E-state index is 12.1. The van der Waals surface area contributed by atoms with Crippen LogP contribution in [-0.4, -0.2) is 33.5 Å². The van der Waals surface area contributed by atoms with Crippen LogP contribution in [0.5, 0.6) is 0 Å². The number of aromatic nitrogens is 1. The highest BCUT2D eigenvalue weighted by atomic mass is 16.3. The van der Waals surface area contributed by atoms with Gasteiger partial charge >= 0.3 is 0 Å². The molecule has 0 saturated carbocycles. The number of hydrogen-bond acceptors (Lipinski definition) is 2. The molecule has 0 spiro atoms. The first-order chi connectivity index (χ1) is 11.6. The molecule has 0 saturated heterocycles. The molecule has 1 aliphatic heterocycles. The summed E-state index contributed by atoms with van der Waals surface area (Å²) in [6, 6.07) is 8.33. The summed E-state index contributed by atoms with van der Waals surface area (Å²) in [6.07, 6.45) is 6.60. The third-order valence-corrected chi connectivity index (χ3v) is 4.74. The number of H-pyrrole nitrogens is 1. The molecule has 1 atom stereocenters. The Morgan fingerprint density at radius 2 is 2.17 bits per heavy atom. The van der Waals surface area contributed by atoms with Crippen molar-refractivity contribution < 1.29 is 9.90 Å². The zero-order chi connectivity index (χ0) is 17.1. The summed E-state index contributed by atoms with van der Waals surface area (Å²) in [6.45, 7) is 4.20. The fourth-order valence-electron chi connectivity index (χ4n) is 3.52. The van der Waals surface area contributed by atoms with Gasteiger partial charge in [-0.1, -0.05) is 30.7 Å². The lowest BCUT2D eigenvalue weighted by Gasteiger charge is -2.29. The van der Waals surface area contributed by atoms with Crippen LogP contribution in [0.25, 0.3) is 16.6 Å². The summed E-state index contributed by atoms with van der Waals surface area (Å²) >= 11 is 0. The molecule has 1 amide bonds. The number of rotatable bonds is 5. The van der Waals surface area contributed by atoms with Crippen LogP contribution in [-0.2, 0) is 11.2 Å².